The molecular weight excluding hydrogens is 362 g/mol. The number of hydrogen-bond acceptors (Lipinski definition) is 5. The Morgan fingerprint density at radius 3 is 2.64 bits per heavy atom. The quantitative estimate of drug-likeness (QED) is 0.839. The second-order valence-corrected chi connectivity index (χ2v) is 9.53. The van der Waals surface area contributed by atoms with E-state index in [9.17, 15) is 13.2 Å². The summed E-state index contributed by atoms with van der Waals surface area (Å²) in [5.41, 5.74) is 2.34. The molecule has 2 heterocycles. The number of nitrogens with zero attached hydrogens (tertiary/aromatic N) is 2. The summed E-state index contributed by atoms with van der Waals surface area (Å²) in [6.45, 7) is 5.66. The zero-order valence-corrected chi connectivity index (χ0v) is 15.9. The van der Waals surface area contributed by atoms with Crippen molar-refractivity contribution in [1.82, 2.24) is 10.2 Å². The maximum atomic E-state index is 12.1. The number of nitrogens with one attached hydrogen (secondary N) is 1. The number of sulfone groups is 1. The number of anilines is 1. The van der Waals surface area contributed by atoms with Gasteiger partial charge in [-0.05, 0) is 31.0 Å². The molecule has 25 heavy (non-hydrogen) atoms. The molecule has 2 aliphatic rings. The lowest BCUT2D eigenvalue weighted by molar-refractivity contribution is -0.122. The zero-order chi connectivity index (χ0) is 18.0. The lowest BCUT2D eigenvalue weighted by Gasteiger charge is -2.36. The highest BCUT2D eigenvalue weighted by Crippen LogP contribution is 2.25. The van der Waals surface area contributed by atoms with E-state index in [2.05, 4.69) is 22.0 Å². The summed E-state index contributed by atoms with van der Waals surface area (Å²) in [6.07, 6.45) is 0.524. The lowest BCUT2D eigenvalue weighted by Crippen LogP contribution is -2.50. The van der Waals surface area contributed by atoms with E-state index in [0.29, 0.717) is 13.0 Å². The van der Waals surface area contributed by atoms with Crippen LogP contribution in [0.2, 0.25) is 5.02 Å². The molecule has 1 aromatic carbocycles. The summed E-state index contributed by atoms with van der Waals surface area (Å²) in [5, 5.41) is 3.58. The van der Waals surface area contributed by atoms with Gasteiger partial charge in [0.15, 0.2) is 9.84 Å². The summed E-state index contributed by atoms with van der Waals surface area (Å²) >= 11 is 6.10. The maximum Gasteiger partial charge on any atom is 0.234 e. The monoisotopic (exact) mass is 385 g/mol. The van der Waals surface area contributed by atoms with Crippen LogP contribution in [0.25, 0.3) is 0 Å². The van der Waals surface area contributed by atoms with Gasteiger partial charge in [0.1, 0.15) is 0 Å². The van der Waals surface area contributed by atoms with Gasteiger partial charge >= 0.3 is 0 Å². The number of amides is 1. The van der Waals surface area contributed by atoms with Crippen LogP contribution in [-0.2, 0) is 14.6 Å². The highest BCUT2D eigenvalue weighted by atomic mass is 35.5. The van der Waals surface area contributed by atoms with Crippen molar-refractivity contribution in [3.8, 4) is 0 Å². The van der Waals surface area contributed by atoms with Crippen molar-refractivity contribution < 1.29 is 13.2 Å². The van der Waals surface area contributed by atoms with E-state index < -0.39 is 9.84 Å². The number of piperazine rings is 1. The predicted molar refractivity (Wildman–Crippen MR) is 100 cm³/mol. The number of carbonyl (C=O) groups excluding carboxylic acids is 1. The fraction of sp³-hybridized carbons (Fsp3) is 0.588. The first-order chi connectivity index (χ1) is 11.8. The maximum absolute atomic E-state index is 12.1. The molecular formula is C17H24ClN3O3S. The van der Waals surface area contributed by atoms with E-state index in [-0.39, 0.29) is 23.5 Å². The Morgan fingerprint density at radius 2 is 2.00 bits per heavy atom. The van der Waals surface area contributed by atoms with Crippen LogP contribution < -0.4 is 10.2 Å². The first kappa shape index (κ1) is 18.5. The minimum atomic E-state index is -2.97. The highest BCUT2D eigenvalue weighted by molar-refractivity contribution is 7.91. The Morgan fingerprint density at radius 1 is 1.28 bits per heavy atom. The van der Waals surface area contributed by atoms with Gasteiger partial charge in [0.05, 0.1) is 18.1 Å². The van der Waals surface area contributed by atoms with E-state index in [1.54, 1.807) is 0 Å². The Hall–Kier alpha value is -1.31. The summed E-state index contributed by atoms with van der Waals surface area (Å²) in [4.78, 5) is 16.5. The molecule has 0 unspecified atom stereocenters. The molecule has 0 radical (unpaired) electrons. The average Bonchev–Trinajstić information content (AvgIpc) is 2.89. The Kier molecular flexibility index (Phi) is 5.55. The number of benzene rings is 1. The van der Waals surface area contributed by atoms with Gasteiger partial charge in [0, 0.05) is 42.9 Å². The number of rotatable bonds is 4. The van der Waals surface area contributed by atoms with Crippen LogP contribution in [0.5, 0.6) is 0 Å². The number of halogens is 1. The van der Waals surface area contributed by atoms with Crippen molar-refractivity contribution in [2.45, 2.75) is 19.4 Å². The molecule has 2 saturated heterocycles. The smallest absolute Gasteiger partial charge is 0.234 e. The number of aryl methyl sites for hydroxylation is 1. The van der Waals surface area contributed by atoms with Gasteiger partial charge in [-0.2, -0.15) is 0 Å². The summed E-state index contributed by atoms with van der Waals surface area (Å²) in [7, 11) is -2.97. The fourth-order valence-electron chi connectivity index (χ4n) is 3.46. The van der Waals surface area contributed by atoms with Gasteiger partial charge in [0.25, 0.3) is 0 Å². The van der Waals surface area contributed by atoms with Crippen LogP contribution in [0, 0.1) is 6.92 Å². The molecule has 2 aliphatic heterocycles. The van der Waals surface area contributed by atoms with E-state index in [4.69, 9.17) is 11.6 Å². The molecule has 0 saturated carbocycles. The third-order valence-electron chi connectivity index (χ3n) is 4.85. The van der Waals surface area contributed by atoms with Crippen LogP contribution in [0.15, 0.2) is 18.2 Å². The first-order valence-corrected chi connectivity index (χ1v) is 10.8. The second-order valence-electron chi connectivity index (χ2n) is 6.86. The van der Waals surface area contributed by atoms with Crippen LogP contribution in [0.1, 0.15) is 12.0 Å². The van der Waals surface area contributed by atoms with Crippen molar-refractivity contribution in [3.63, 3.8) is 0 Å². The molecule has 2 fully saturated rings. The van der Waals surface area contributed by atoms with Crippen molar-refractivity contribution in [2.24, 2.45) is 0 Å². The van der Waals surface area contributed by atoms with Crippen LogP contribution in [0.4, 0.5) is 5.69 Å². The van der Waals surface area contributed by atoms with Crippen LogP contribution >= 0.6 is 11.6 Å². The summed E-state index contributed by atoms with van der Waals surface area (Å²) < 4.78 is 22.9. The second kappa shape index (κ2) is 7.51. The average molecular weight is 386 g/mol. The number of carbonyl (C=O) groups is 1. The first-order valence-electron chi connectivity index (χ1n) is 8.56. The van der Waals surface area contributed by atoms with Gasteiger partial charge in [-0.25, -0.2) is 8.42 Å². The molecule has 1 aromatic rings. The highest BCUT2D eigenvalue weighted by Gasteiger charge is 2.29. The van der Waals surface area contributed by atoms with Gasteiger partial charge < -0.3 is 10.2 Å². The number of hydrogen-bond donors (Lipinski definition) is 1. The molecule has 1 N–H and O–H groups in total. The Balaban J connectivity index is 1.48. The SMILES string of the molecule is Cc1ccc(Cl)cc1N1CCN(CC(=O)N[C@@H]2CCS(=O)(=O)C2)CC1. The summed E-state index contributed by atoms with van der Waals surface area (Å²) in [6, 6.07) is 5.67. The molecule has 3 rings (SSSR count). The zero-order valence-electron chi connectivity index (χ0n) is 14.4. The Labute approximate surface area is 154 Å². The molecule has 1 atom stereocenters. The van der Waals surface area contributed by atoms with Gasteiger partial charge in [-0.3, -0.25) is 9.69 Å². The van der Waals surface area contributed by atoms with E-state index in [1.807, 2.05) is 18.2 Å². The van der Waals surface area contributed by atoms with Crippen LogP contribution in [0.3, 0.4) is 0 Å². The van der Waals surface area contributed by atoms with E-state index in [1.165, 1.54) is 5.56 Å². The third-order valence-corrected chi connectivity index (χ3v) is 6.85. The van der Waals surface area contributed by atoms with Gasteiger partial charge in [-0.15, -0.1) is 0 Å². The summed E-state index contributed by atoms with van der Waals surface area (Å²) in [5.74, 6) is 0.158. The fourth-order valence-corrected chi connectivity index (χ4v) is 5.30. The molecule has 0 spiro atoms. The van der Waals surface area contributed by atoms with Crippen LogP contribution in [-0.4, -0.2) is 69.5 Å². The predicted octanol–water partition coefficient (Wildman–Crippen LogP) is 1.07. The minimum absolute atomic E-state index is 0.0700. The largest absolute Gasteiger partial charge is 0.369 e. The minimum Gasteiger partial charge on any atom is -0.369 e. The molecule has 6 nitrogen and oxygen atoms in total. The van der Waals surface area contributed by atoms with E-state index in [0.717, 1.165) is 36.9 Å². The van der Waals surface area contributed by atoms with Crippen molar-refractivity contribution in [3.05, 3.63) is 28.8 Å². The normalized spacial score (nSPS) is 23.6. The van der Waals surface area contributed by atoms with Crippen molar-refractivity contribution >= 4 is 33.0 Å². The standard InChI is InChI=1S/C17H24ClN3O3S/c1-13-2-3-14(18)10-16(13)21-7-5-20(6-8-21)11-17(22)19-15-4-9-25(23,24)12-15/h2-3,10,15H,4-9,11-12H2,1H3,(H,19,22)/t15-/m1/s1. The Bertz CT molecular complexity index is 746. The lowest BCUT2D eigenvalue weighted by atomic mass is 10.1. The van der Waals surface area contributed by atoms with Crippen molar-refractivity contribution in [2.75, 3.05) is 49.1 Å². The van der Waals surface area contributed by atoms with E-state index >= 15 is 0 Å². The topological polar surface area (TPSA) is 69.7 Å². The van der Waals surface area contributed by atoms with Gasteiger partial charge in [-0.1, -0.05) is 17.7 Å². The molecule has 8 heteroatoms. The molecule has 0 aliphatic carbocycles. The molecule has 0 bridgehead atoms. The van der Waals surface area contributed by atoms with Gasteiger partial charge in [0.2, 0.25) is 5.91 Å². The molecule has 1 amide bonds. The third kappa shape index (κ3) is 4.86. The van der Waals surface area contributed by atoms with Crippen molar-refractivity contribution in [1.29, 1.82) is 0 Å². The molecule has 0 aromatic heterocycles. The molecule has 138 valence electrons.